The molecular formula is C24H46O6. The Bertz CT molecular complexity index is 399. The van der Waals surface area contributed by atoms with E-state index < -0.39 is 12.2 Å². The van der Waals surface area contributed by atoms with Gasteiger partial charge in [-0.15, -0.1) is 0 Å². The summed E-state index contributed by atoms with van der Waals surface area (Å²) in [5.74, 6) is -0.304. The summed E-state index contributed by atoms with van der Waals surface area (Å²) in [7, 11) is 0. The Morgan fingerprint density at radius 3 is 1.90 bits per heavy atom. The van der Waals surface area contributed by atoms with Gasteiger partial charge in [-0.2, -0.15) is 0 Å². The van der Waals surface area contributed by atoms with Gasteiger partial charge in [0.25, 0.3) is 0 Å². The fourth-order valence-corrected chi connectivity index (χ4v) is 3.04. The van der Waals surface area contributed by atoms with Gasteiger partial charge in [0.2, 0.25) is 0 Å². The normalized spacial score (nSPS) is 13.6. The summed E-state index contributed by atoms with van der Waals surface area (Å²) in [5, 5.41) is 27.4. The monoisotopic (exact) mass is 430 g/mol. The van der Waals surface area contributed by atoms with Crippen LogP contribution in [0.15, 0.2) is 12.2 Å². The number of unbranched alkanes of at least 4 members (excludes halogenated alkanes) is 11. The van der Waals surface area contributed by atoms with E-state index in [1.54, 1.807) is 0 Å². The van der Waals surface area contributed by atoms with Gasteiger partial charge in [-0.05, 0) is 32.1 Å². The Morgan fingerprint density at radius 2 is 1.30 bits per heavy atom. The maximum atomic E-state index is 11.7. The first-order valence-electron chi connectivity index (χ1n) is 12.0. The second-order valence-electron chi connectivity index (χ2n) is 8.04. The lowest BCUT2D eigenvalue weighted by atomic mass is 10.1. The number of esters is 1. The maximum Gasteiger partial charge on any atom is 0.305 e. The predicted molar refractivity (Wildman–Crippen MR) is 120 cm³/mol. The number of hydrogen-bond acceptors (Lipinski definition) is 6. The molecular weight excluding hydrogens is 384 g/mol. The van der Waals surface area contributed by atoms with E-state index in [0.717, 1.165) is 25.7 Å². The molecule has 0 aliphatic heterocycles. The molecule has 0 unspecified atom stereocenters. The van der Waals surface area contributed by atoms with Crippen molar-refractivity contribution in [1.29, 1.82) is 0 Å². The van der Waals surface area contributed by atoms with Crippen molar-refractivity contribution < 1.29 is 29.6 Å². The van der Waals surface area contributed by atoms with Crippen molar-refractivity contribution in [3.63, 3.8) is 0 Å². The van der Waals surface area contributed by atoms with E-state index in [9.17, 15) is 9.90 Å². The Balaban J connectivity index is 3.35. The largest absolute Gasteiger partial charge is 0.463 e. The third-order valence-corrected chi connectivity index (χ3v) is 4.91. The molecule has 0 spiro atoms. The minimum Gasteiger partial charge on any atom is -0.463 e. The molecule has 0 aromatic carbocycles. The molecule has 3 N–H and O–H groups in total. The number of rotatable bonds is 22. The van der Waals surface area contributed by atoms with Gasteiger partial charge >= 0.3 is 5.97 Å². The molecule has 0 bridgehead atoms. The minimum absolute atomic E-state index is 0.0439. The second kappa shape index (κ2) is 22.7. The van der Waals surface area contributed by atoms with E-state index in [4.69, 9.17) is 19.7 Å². The third kappa shape index (κ3) is 21.8. The summed E-state index contributed by atoms with van der Waals surface area (Å²) < 4.78 is 10.0. The van der Waals surface area contributed by atoms with Gasteiger partial charge < -0.3 is 24.8 Å². The van der Waals surface area contributed by atoms with Crippen LogP contribution in [-0.2, 0) is 14.3 Å². The van der Waals surface area contributed by atoms with Crippen molar-refractivity contribution in [1.82, 2.24) is 0 Å². The highest BCUT2D eigenvalue weighted by Crippen LogP contribution is 2.10. The molecule has 6 nitrogen and oxygen atoms in total. The molecule has 0 saturated carbocycles. The highest BCUT2D eigenvalue weighted by Gasteiger charge is 2.10. The number of carbonyl (C=O) groups excluding carboxylic acids is 1. The van der Waals surface area contributed by atoms with Crippen molar-refractivity contribution in [3.8, 4) is 0 Å². The van der Waals surface area contributed by atoms with Gasteiger partial charge in [0.1, 0.15) is 18.8 Å². The zero-order valence-corrected chi connectivity index (χ0v) is 19.1. The van der Waals surface area contributed by atoms with Crippen LogP contribution in [0.5, 0.6) is 0 Å². The van der Waals surface area contributed by atoms with Crippen molar-refractivity contribution >= 4 is 5.97 Å². The van der Waals surface area contributed by atoms with Crippen LogP contribution in [0.3, 0.4) is 0 Å². The number of carbonyl (C=O) groups is 1. The summed E-state index contributed by atoms with van der Waals surface area (Å²) in [6.45, 7) is 1.65. The molecule has 0 aliphatic rings. The molecule has 0 saturated heterocycles. The lowest BCUT2D eigenvalue weighted by Crippen LogP contribution is -2.27. The average Bonchev–Trinajstić information content (AvgIpc) is 2.74. The van der Waals surface area contributed by atoms with Crippen LogP contribution in [0, 0.1) is 0 Å². The summed E-state index contributed by atoms with van der Waals surface area (Å²) in [4.78, 5) is 11.7. The molecule has 178 valence electrons. The van der Waals surface area contributed by atoms with Gasteiger partial charge in [-0.25, -0.2) is 0 Å². The summed E-state index contributed by atoms with van der Waals surface area (Å²) in [6, 6.07) is 0. The highest BCUT2D eigenvalue weighted by atomic mass is 16.5. The average molecular weight is 431 g/mol. The Kier molecular flexibility index (Phi) is 22.0. The van der Waals surface area contributed by atoms with Crippen LogP contribution in [0.4, 0.5) is 0 Å². The van der Waals surface area contributed by atoms with Gasteiger partial charge in [0, 0.05) is 6.42 Å². The number of hydrogen-bond donors (Lipinski definition) is 3. The molecule has 0 amide bonds. The van der Waals surface area contributed by atoms with E-state index in [2.05, 4.69) is 19.1 Å². The molecule has 6 heteroatoms. The number of ether oxygens (including phenoxy) is 2. The SMILES string of the molecule is CCCCCCCC/C=C\CCCCCCCC(=O)OC[C@@H](O)COC[C@@H](O)CO. The molecule has 0 rings (SSSR count). The van der Waals surface area contributed by atoms with Crippen LogP contribution in [-0.4, -0.2) is 59.9 Å². The first kappa shape index (κ1) is 29.1. The van der Waals surface area contributed by atoms with Gasteiger partial charge in [-0.1, -0.05) is 70.4 Å². The number of aliphatic hydroxyl groups excluding tert-OH is 3. The van der Waals surface area contributed by atoms with E-state index in [-0.39, 0.29) is 32.4 Å². The van der Waals surface area contributed by atoms with Gasteiger partial charge in [0.15, 0.2) is 0 Å². The van der Waals surface area contributed by atoms with Gasteiger partial charge in [-0.3, -0.25) is 4.79 Å². The van der Waals surface area contributed by atoms with Gasteiger partial charge in [0.05, 0.1) is 19.8 Å². The van der Waals surface area contributed by atoms with Crippen molar-refractivity contribution in [2.75, 3.05) is 26.4 Å². The van der Waals surface area contributed by atoms with E-state index in [1.165, 1.54) is 57.8 Å². The minimum atomic E-state index is -0.958. The zero-order chi connectivity index (χ0) is 22.3. The molecule has 2 atom stereocenters. The molecule has 0 aromatic heterocycles. The Hall–Kier alpha value is -0.950. The second-order valence-corrected chi connectivity index (χ2v) is 8.04. The maximum absolute atomic E-state index is 11.7. The van der Waals surface area contributed by atoms with Crippen molar-refractivity contribution in [2.24, 2.45) is 0 Å². The van der Waals surface area contributed by atoms with Crippen LogP contribution in [0.25, 0.3) is 0 Å². The molecule has 0 fully saturated rings. The first-order valence-corrected chi connectivity index (χ1v) is 12.0. The molecule has 0 heterocycles. The number of aliphatic hydroxyl groups is 3. The summed E-state index contributed by atoms with van der Waals surface area (Å²) >= 11 is 0. The van der Waals surface area contributed by atoms with Crippen LogP contribution < -0.4 is 0 Å². The molecule has 30 heavy (non-hydrogen) atoms. The van der Waals surface area contributed by atoms with Crippen LogP contribution in [0.1, 0.15) is 96.8 Å². The Morgan fingerprint density at radius 1 is 0.767 bits per heavy atom. The van der Waals surface area contributed by atoms with E-state index >= 15 is 0 Å². The quantitative estimate of drug-likeness (QED) is 0.135. The van der Waals surface area contributed by atoms with Crippen molar-refractivity contribution in [3.05, 3.63) is 12.2 Å². The fraction of sp³-hybridized carbons (Fsp3) is 0.875. The van der Waals surface area contributed by atoms with E-state index in [0.29, 0.717) is 6.42 Å². The fourth-order valence-electron chi connectivity index (χ4n) is 3.04. The number of allylic oxidation sites excluding steroid dienone is 2. The lowest BCUT2D eigenvalue weighted by molar-refractivity contribution is -0.148. The van der Waals surface area contributed by atoms with Crippen LogP contribution in [0.2, 0.25) is 0 Å². The molecule has 0 aromatic rings. The Labute approximate surface area is 183 Å². The highest BCUT2D eigenvalue weighted by molar-refractivity contribution is 5.69. The lowest BCUT2D eigenvalue weighted by Gasteiger charge is -2.13. The predicted octanol–water partition coefficient (Wildman–Crippen LogP) is 4.30. The smallest absolute Gasteiger partial charge is 0.305 e. The third-order valence-electron chi connectivity index (χ3n) is 4.91. The summed E-state index contributed by atoms with van der Waals surface area (Å²) in [6.07, 6.45) is 18.9. The topological polar surface area (TPSA) is 96.2 Å². The first-order chi connectivity index (χ1) is 14.6. The molecule has 0 radical (unpaired) electrons. The molecule has 0 aliphatic carbocycles. The standard InChI is InChI=1S/C24H46O6/c1-2-3-4-5-6-7-8-9-10-11-12-13-14-15-16-17-24(28)30-21-23(27)20-29-19-22(26)18-25/h9-10,22-23,25-27H,2-8,11-21H2,1H3/b10-9-/t22-,23-/m0/s1. The van der Waals surface area contributed by atoms with Crippen molar-refractivity contribution in [2.45, 2.75) is 109 Å². The van der Waals surface area contributed by atoms with Crippen LogP contribution >= 0.6 is 0 Å². The van der Waals surface area contributed by atoms with E-state index in [1.807, 2.05) is 0 Å². The zero-order valence-electron chi connectivity index (χ0n) is 19.1. The summed E-state index contributed by atoms with van der Waals surface area (Å²) in [5.41, 5.74) is 0.